The summed E-state index contributed by atoms with van der Waals surface area (Å²) in [6, 6.07) is 11.6. The van der Waals surface area contributed by atoms with Gasteiger partial charge >= 0.3 is 0 Å². The molecule has 0 spiro atoms. The molecule has 0 bridgehead atoms. The van der Waals surface area contributed by atoms with Crippen LogP contribution in [0.1, 0.15) is 18.1 Å². The molecule has 2 aliphatic rings. The molecule has 0 saturated carbocycles. The summed E-state index contributed by atoms with van der Waals surface area (Å²) < 4.78 is 11.0. The Bertz CT molecular complexity index is 981. The molecule has 0 fully saturated rings. The Morgan fingerprint density at radius 3 is 2.60 bits per heavy atom. The molecule has 2 heterocycles. The van der Waals surface area contributed by atoms with E-state index in [4.69, 9.17) is 9.47 Å². The number of carbonyl (C=O) groups excluding carboxylic acids is 1. The molecule has 0 saturated heterocycles. The number of ether oxygens (including phenoxy) is 2. The minimum Gasteiger partial charge on any atom is -0.493 e. The smallest absolute Gasteiger partial charge is 0.268 e. The van der Waals surface area contributed by atoms with Crippen LogP contribution < -0.4 is 20.0 Å². The summed E-state index contributed by atoms with van der Waals surface area (Å²) in [5, 5.41) is 1.70. The monoisotopic (exact) mass is 336 g/mol. The lowest BCUT2D eigenvalue weighted by Crippen LogP contribution is -2.42. The van der Waals surface area contributed by atoms with Crippen molar-refractivity contribution < 1.29 is 14.3 Å². The third-order valence-corrected chi connectivity index (χ3v) is 4.99. The second-order valence-electron chi connectivity index (χ2n) is 6.30. The minimum atomic E-state index is -0.288. The predicted octanol–water partition coefficient (Wildman–Crippen LogP) is 1.27. The van der Waals surface area contributed by atoms with E-state index in [2.05, 4.69) is 9.89 Å². The zero-order valence-corrected chi connectivity index (χ0v) is 14.6. The second-order valence-corrected chi connectivity index (χ2v) is 6.30. The number of benzene rings is 2. The van der Waals surface area contributed by atoms with E-state index in [-0.39, 0.29) is 11.9 Å². The molecule has 0 aliphatic carbocycles. The number of hydrogen-bond donors (Lipinski definition) is 0. The van der Waals surface area contributed by atoms with Crippen LogP contribution >= 0.6 is 0 Å². The van der Waals surface area contributed by atoms with Crippen LogP contribution in [-0.2, 0) is 11.2 Å². The maximum Gasteiger partial charge on any atom is 0.268 e. The summed E-state index contributed by atoms with van der Waals surface area (Å²) >= 11 is 0. The average molecular weight is 336 g/mol. The lowest BCUT2D eigenvalue weighted by Gasteiger charge is -2.36. The highest BCUT2D eigenvalue weighted by atomic mass is 16.5. The molecule has 0 N–H and O–H groups in total. The van der Waals surface area contributed by atoms with Crippen molar-refractivity contribution in [3.05, 3.63) is 58.1 Å². The Labute approximate surface area is 146 Å². The van der Waals surface area contributed by atoms with Crippen LogP contribution in [0.25, 0.3) is 5.70 Å². The van der Waals surface area contributed by atoms with Crippen LogP contribution in [0, 0.1) is 0 Å². The van der Waals surface area contributed by atoms with Gasteiger partial charge in [0.1, 0.15) is 6.04 Å². The standard InChI is InChI=1S/C20H20N2O3/c1-12-20(23)21-16-7-5-4-6-14(16)19-15-11-18(25-3)17(24-2)10-13(15)8-9-22(12)19/h4-7,10-12H,8-9H2,1-3H3. The van der Waals surface area contributed by atoms with Gasteiger partial charge in [0.2, 0.25) is 0 Å². The Morgan fingerprint density at radius 2 is 1.84 bits per heavy atom. The molecule has 2 aromatic rings. The molecule has 2 aromatic carbocycles. The second kappa shape index (κ2) is 5.92. The number of fused-ring (bicyclic) bond motifs is 4. The van der Waals surface area contributed by atoms with Gasteiger partial charge in [-0.2, -0.15) is 0 Å². The number of para-hydroxylation sites is 1. The highest BCUT2D eigenvalue weighted by molar-refractivity contribution is 5.86. The van der Waals surface area contributed by atoms with Gasteiger partial charge in [-0.25, -0.2) is 4.99 Å². The third-order valence-electron chi connectivity index (χ3n) is 4.99. The highest BCUT2D eigenvalue weighted by Crippen LogP contribution is 2.37. The van der Waals surface area contributed by atoms with Crippen molar-refractivity contribution in [2.75, 3.05) is 20.8 Å². The van der Waals surface area contributed by atoms with E-state index in [1.165, 1.54) is 5.56 Å². The van der Waals surface area contributed by atoms with Crippen molar-refractivity contribution in [3.8, 4) is 11.5 Å². The first-order valence-corrected chi connectivity index (χ1v) is 8.38. The van der Waals surface area contributed by atoms with Crippen LogP contribution in [0.15, 0.2) is 41.4 Å². The van der Waals surface area contributed by atoms with Crippen molar-refractivity contribution in [3.63, 3.8) is 0 Å². The van der Waals surface area contributed by atoms with Gasteiger partial charge in [0.05, 0.1) is 25.3 Å². The summed E-state index contributed by atoms with van der Waals surface area (Å²) in [5.41, 5.74) is 3.31. The first-order valence-electron chi connectivity index (χ1n) is 8.38. The summed E-state index contributed by atoms with van der Waals surface area (Å²) in [6.45, 7) is 2.69. The molecule has 2 aliphatic heterocycles. The maximum atomic E-state index is 12.5. The fourth-order valence-corrected chi connectivity index (χ4v) is 3.66. The molecule has 4 rings (SSSR count). The number of rotatable bonds is 2. The Kier molecular flexibility index (Phi) is 3.71. The van der Waals surface area contributed by atoms with Crippen molar-refractivity contribution in [2.45, 2.75) is 19.4 Å². The van der Waals surface area contributed by atoms with Crippen molar-refractivity contribution in [1.29, 1.82) is 0 Å². The molecule has 0 aromatic heterocycles. The molecule has 5 nitrogen and oxygen atoms in total. The van der Waals surface area contributed by atoms with Crippen LogP contribution in [0.5, 0.6) is 11.5 Å². The van der Waals surface area contributed by atoms with Crippen LogP contribution in [0.4, 0.5) is 0 Å². The van der Waals surface area contributed by atoms with E-state index in [1.807, 2.05) is 43.3 Å². The molecule has 25 heavy (non-hydrogen) atoms. The van der Waals surface area contributed by atoms with E-state index in [1.54, 1.807) is 14.2 Å². The van der Waals surface area contributed by atoms with Gasteiger partial charge in [0.15, 0.2) is 11.5 Å². The van der Waals surface area contributed by atoms with Gasteiger partial charge in [0.25, 0.3) is 5.91 Å². The lowest BCUT2D eigenvalue weighted by molar-refractivity contribution is -0.121. The summed E-state index contributed by atoms with van der Waals surface area (Å²) in [4.78, 5) is 19.0. The quantitative estimate of drug-likeness (QED) is 0.829. The number of carbonyl (C=O) groups is 1. The minimum absolute atomic E-state index is 0.105. The van der Waals surface area contributed by atoms with E-state index >= 15 is 0 Å². The molecule has 1 unspecified atom stereocenters. The Balaban J connectivity index is 2.10. The van der Waals surface area contributed by atoms with E-state index in [9.17, 15) is 4.79 Å². The maximum absolute atomic E-state index is 12.5. The lowest BCUT2D eigenvalue weighted by atomic mass is 9.93. The van der Waals surface area contributed by atoms with Gasteiger partial charge in [-0.05, 0) is 37.1 Å². The molecule has 1 amide bonds. The fraction of sp³-hybridized carbons (Fsp3) is 0.300. The summed E-state index contributed by atoms with van der Waals surface area (Å²) in [7, 11) is 3.28. The van der Waals surface area contributed by atoms with Crippen molar-refractivity contribution in [2.24, 2.45) is 4.99 Å². The van der Waals surface area contributed by atoms with Gasteiger partial charge < -0.3 is 14.4 Å². The van der Waals surface area contributed by atoms with Crippen molar-refractivity contribution in [1.82, 2.24) is 4.90 Å². The first-order chi connectivity index (χ1) is 12.1. The molecule has 0 radical (unpaired) electrons. The van der Waals surface area contributed by atoms with Crippen LogP contribution in [-0.4, -0.2) is 37.6 Å². The molecule has 5 heteroatoms. The zero-order valence-electron chi connectivity index (χ0n) is 14.6. The predicted molar refractivity (Wildman–Crippen MR) is 94.2 cm³/mol. The number of nitrogens with zero attached hydrogens (tertiary/aromatic N) is 2. The molecule has 128 valence electrons. The largest absolute Gasteiger partial charge is 0.493 e. The van der Waals surface area contributed by atoms with Gasteiger partial charge in [0, 0.05) is 17.3 Å². The first kappa shape index (κ1) is 15.7. The zero-order chi connectivity index (χ0) is 17.6. The summed E-state index contributed by atoms with van der Waals surface area (Å²) in [6.07, 6.45) is 0.846. The highest BCUT2D eigenvalue weighted by Gasteiger charge is 2.31. The number of methoxy groups -OCH3 is 2. The van der Waals surface area contributed by atoms with E-state index < -0.39 is 0 Å². The number of hydrogen-bond acceptors (Lipinski definition) is 4. The molecular formula is C20H20N2O3. The number of amides is 1. The Morgan fingerprint density at radius 1 is 1.12 bits per heavy atom. The molecule has 1 atom stereocenters. The molecular weight excluding hydrogens is 316 g/mol. The fourth-order valence-electron chi connectivity index (χ4n) is 3.66. The van der Waals surface area contributed by atoms with Crippen molar-refractivity contribution >= 4 is 11.6 Å². The SMILES string of the molecule is COc1cc2c(cc1OC)C1=c3ccccc3=NC(=O)C(C)N1CC2. The van der Waals surface area contributed by atoms with Gasteiger partial charge in [-0.1, -0.05) is 18.2 Å². The van der Waals surface area contributed by atoms with Crippen LogP contribution in [0.3, 0.4) is 0 Å². The average Bonchev–Trinajstić information content (AvgIpc) is 2.75. The van der Waals surface area contributed by atoms with Crippen LogP contribution in [0.2, 0.25) is 0 Å². The summed E-state index contributed by atoms with van der Waals surface area (Å²) in [5.74, 6) is 1.31. The normalized spacial score (nSPS) is 18.5. The topological polar surface area (TPSA) is 51.1 Å². The van der Waals surface area contributed by atoms with Gasteiger partial charge in [-0.15, -0.1) is 0 Å². The Hall–Kier alpha value is -2.82. The van der Waals surface area contributed by atoms with E-state index in [0.29, 0.717) is 5.75 Å². The van der Waals surface area contributed by atoms with Gasteiger partial charge in [-0.3, -0.25) is 4.79 Å². The van der Waals surface area contributed by atoms with E-state index in [0.717, 1.165) is 40.6 Å². The third kappa shape index (κ3) is 2.38.